The molecule has 0 radical (unpaired) electrons. The average molecular weight is 223 g/mol. The van der Waals surface area contributed by atoms with Crippen LogP contribution < -0.4 is 0 Å². The average Bonchev–Trinajstić information content (AvgIpc) is 2.31. The Bertz CT molecular complexity index is 261. The van der Waals surface area contributed by atoms with E-state index in [1.165, 1.54) is 6.21 Å². The highest BCUT2D eigenvalue weighted by Crippen LogP contribution is 2.04. The third kappa shape index (κ3) is 6.11. The number of hydrogen-bond acceptors (Lipinski definition) is 2. The number of allylic oxidation sites excluding steroid dienone is 1. The molecule has 1 atom stereocenters. The normalized spacial score (nSPS) is 12.4. The molecule has 90 valence electrons. The molecule has 0 bridgehead atoms. The molecule has 0 saturated heterocycles. The molecule has 0 rings (SSSR count). The number of nitrogens with one attached hydrogen (secondary N) is 1. The van der Waals surface area contributed by atoms with Gasteiger partial charge >= 0.3 is 0 Å². The zero-order chi connectivity index (χ0) is 12.4. The molecular formula is C12H21N3O. The molecule has 0 aliphatic carbocycles. The Morgan fingerprint density at radius 1 is 1.62 bits per heavy atom. The fraction of sp³-hybridized carbons (Fsp3) is 0.583. The fourth-order valence-electron chi connectivity index (χ4n) is 1.29. The van der Waals surface area contributed by atoms with Crippen molar-refractivity contribution in [3.63, 3.8) is 0 Å². The summed E-state index contributed by atoms with van der Waals surface area (Å²) in [4.78, 5) is 16.2. The topological polar surface area (TPSA) is 56.5 Å². The predicted molar refractivity (Wildman–Crippen MR) is 68.1 cm³/mol. The summed E-state index contributed by atoms with van der Waals surface area (Å²) in [5.41, 5.74) is 0. The molecular weight excluding hydrogens is 202 g/mol. The van der Waals surface area contributed by atoms with E-state index in [4.69, 9.17) is 5.41 Å². The van der Waals surface area contributed by atoms with Crippen LogP contribution in [0.2, 0.25) is 0 Å². The van der Waals surface area contributed by atoms with Crippen LogP contribution >= 0.6 is 0 Å². The molecule has 0 aliphatic heterocycles. The van der Waals surface area contributed by atoms with Gasteiger partial charge in [0.2, 0.25) is 5.96 Å². The first-order chi connectivity index (χ1) is 7.65. The molecule has 1 N–H and O–H groups in total. The molecule has 0 aromatic rings. The highest BCUT2D eigenvalue weighted by Gasteiger charge is 2.06. The maximum Gasteiger partial charge on any atom is 0.217 e. The first-order valence-corrected chi connectivity index (χ1v) is 5.59. The number of carbonyl (C=O) groups excluding carboxylic acids is 1. The van der Waals surface area contributed by atoms with Crippen LogP contribution in [-0.4, -0.2) is 36.4 Å². The number of carbonyl (C=O) groups is 1. The maximum absolute atomic E-state index is 10.4. The van der Waals surface area contributed by atoms with Gasteiger partial charge in [0.05, 0.1) is 0 Å². The summed E-state index contributed by atoms with van der Waals surface area (Å²) in [6, 6.07) is 0. The van der Waals surface area contributed by atoms with Crippen LogP contribution in [0.25, 0.3) is 0 Å². The van der Waals surface area contributed by atoms with E-state index in [2.05, 4.69) is 11.6 Å². The van der Waals surface area contributed by atoms with Crippen molar-refractivity contribution in [1.29, 1.82) is 5.41 Å². The number of rotatable bonds is 7. The summed E-state index contributed by atoms with van der Waals surface area (Å²) in [5.74, 6) is 0.353. The molecule has 0 aromatic carbocycles. The van der Waals surface area contributed by atoms with Gasteiger partial charge in [-0.2, -0.15) is 0 Å². The van der Waals surface area contributed by atoms with Gasteiger partial charge in [-0.05, 0) is 19.8 Å². The molecule has 0 heterocycles. The van der Waals surface area contributed by atoms with Gasteiger partial charge in [-0.1, -0.05) is 19.6 Å². The van der Waals surface area contributed by atoms with Crippen LogP contribution in [0, 0.1) is 11.3 Å². The Balaban J connectivity index is 4.00. The number of hydrogen-bond donors (Lipinski definition) is 1. The number of aldehydes is 1. The first-order valence-electron chi connectivity index (χ1n) is 5.59. The zero-order valence-corrected chi connectivity index (χ0v) is 10.1. The van der Waals surface area contributed by atoms with Crippen LogP contribution in [0.4, 0.5) is 0 Å². The number of nitrogens with zero attached hydrogens (tertiary/aromatic N) is 2. The van der Waals surface area contributed by atoms with Crippen molar-refractivity contribution >= 4 is 18.5 Å². The Morgan fingerprint density at radius 3 is 2.81 bits per heavy atom. The van der Waals surface area contributed by atoms with Crippen molar-refractivity contribution in [3.05, 3.63) is 12.7 Å². The van der Waals surface area contributed by atoms with E-state index in [1.807, 2.05) is 18.7 Å². The molecule has 0 aromatic heterocycles. The van der Waals surface area contributed by atoms with E-state index in [0.29, 0.717) is 0 Å². The Morgan fingerprint density at radius 2 is 2.31 bits per heavy atom. The van der Waals surface area contributed by atoms with Crippen molar-refractivity contribution in [2.24, 2.45) is 10.9 Å². The lowest BCUT2D eigenvalue weighted by molar-refractivity contribution is -0.110. The van der Waals surface area contributed by atoms with Gasteiger partial charge in [-0.15, -0.1) is 0 Å². The molecule has 0 spiro atoms. The summed E-state index contributed by atoms with van der Waals surface area (Å²) < 4.78 is 0. The molecule has 1 unspecified atom stereocenters. The summed E-state index contributed by atoms with van der Waals surface area (Å²) in [6.07, 6.45) is 5.80. The van der Waals surface area contributed by atoms with Gasteiger partial charge in [0, 0.05) is 25.2 Å². The lowest BCUT2D eigenvalue weighted by Gasteiger charge is -2.20. The van der Waals surface area contributed by atoms with Crippen LogP contribution in [0.3, 0.4) is 0 Å². The highest BCUT2D eigenvalue weighted by molar-refractivity contribution is 5.88. The van der Waals surface area contributed by atoms with Crippen LogP contribution in [-0.2, 0) is 4.79 Å². The quantitative estimate of drug-likeness (QED) is 0.408. The van der Waals surface area contributed by atoms with Crippen molar-refractivity contribution in [3.8, 4) is 0 Å². The van der Waals surface area contributed by atoms with Crippen molar-refractivity contribution in [2.45, 2.75) is 26.7 Å². The van der Waals surface area contributed by atoms with Gasteiger partial charge in [0.15, 0.2) is 0 Å². The third-order valence-electron chi connectivity index (χ3n) is 2.30. The van der Waals surface area contributed by atoms with Crippen molar-refractivity contribution in [1.82, 2.24) is 4.90 Å². The van der Waals surface area contributed by atoms with Gasteiger partial charge in [-0.25, -0.2) is 4.99 Å². The predicted octanol–water partition coefficient (Wildman–Crippen LogP) is 2.12. The third-order valence-corrected chi connectivity index (χ3v) is 2.30. The molecule has 0 amide bonds. The number of guanidine groups is 1. The molecule has 4 nitrogen and oxygen atoms in total. The minimum atomic E-state index is 0.101. The molecule has 4 heteroatoms. The lowest BCUT2D eigenvalue weighted by Crippen LogP contribution is -2.30. The summed E-state index contributed by atoms with van der Waals surface area (Å²) in [6.45, 7) is 8.92. The Labute approximate surface area is 97.6 Å². The standard InChI is InChI=1S/C12H21N3O/c1-4-8-14-12(13)15(5-2)9-6-7-11(3)10-16/h4,8,10-11,13H,1,5-7,9H2,2-3H3/b13-12?,14-8-. The van der Waals surface area contributed by atoms with Gasteiger partial charge in [0.1, 0.15) is 6.29 Å². The summed E-state index contributed by atoms with van der Waals surface area (Å²) in [7, 11) is 0. The summed E-state index contributed by atoms with van der Waals surface area (Å²) in [5, 5.41) is 7.69. The second-order valence-corrected chi connectivity index (χ2v) is 3.67. The van der Waals surface area contributed by atoms with E-state index >= 15 is 0 Å². The second-order valence-electron chi connectivity index (χ2n) is 3.67. The monoisotopic (exact) mass is 223 g/mol. The molecule has 0 aliphatic rings. The van der Waals surface area contributed by atoms with Crippen molar-refractivity contribution < 1.29 is 4.79 Å². The van der Waals surface area contributed by atoms with E-state index in [0.717, 1.165) is 32.2 Å². The Kier molecular flexibility index (Phi) is 8.03. The fourth-order valence-corrected chi connectivity index (χ4v) is 1.29. The van der Waals surface area contributed by atoms with E-state index in [9.17, 15) is 4.79 Å². The minimum absolute atomic E-state index is 0.101. The molecule has 0 fully saturated rings. The first kappa shape index (κ1) is 14.6. The van der Waals surface area contributed by atoms with Crippen molar-refractivity contribution in [2.75, 3.05) is 13.1 Å². The van der Waals surface area contributed by atoms with Crippen LogP contribution in [0.5, 0.6) is 0 Å². The summed E-state index contributed by atoms with van der Waals surface area (Å²) >= 11 is 0. The van der Waals surface area contributed by atoms with Gasteiger partial charge < -0.3 is 9.69 Å². The van der Waals surface area contributed by atoms with Crippen LogP contribution in [0.1, 0.15) is 26.7 Å². The second kappa shape index (κ2) is 8.83. The number of aliphatic imine (C=N–C) groups is 1. The highest BCUT2D eigenvalue weighted by atomic mass is 16.1. The largest absolute Gasteiger partial charge is 0.342 e. The van der Waals surface area contributed by atoms with Gasteiger partial charge in [-0.3, -0.25) is 5.41 Å². The minimum Gasteiger partial charge on any atom is -0.342 e. The smallest absolute Gasteiger partial charge is 0.217 e. The lowest BCUT2D eigenvalue weighted by atomic mass is 10.1. The Hall–Kier alpha value is -1.45. The van der Waals surface area contributed by atoms with E-state index in [1.54, 1.807) is 6.08 Å². The zero-order valence-electron chi connectivity index (χ0n) is 10.1. The molecule has 16 heavy (non-hydrogen) atoms. The SMILES string of the molecule is C=C/C=N\C(=N)N(CC)CCCC(C)C=O. The maximum atomic E-state index is 10.4. The molecule has 0 saturated carbocycles. The van der Waals surface area contributed by atoms with Crippen LogP contribution in [0.15, 0.2) is 17.6 Å². The van der Waals surface area contributed by atoms with E-state index < -0.39 is 0 Å². The van der Waals surface area contributed by atoms with E-state index in [-0.39, 0.29) is 11.9 Å². The van der Waals surface area contributed by atoms with Gasteiger partial charge in [0.25, 0.3) is 0 Å².